The maximum atomic E-state index is 14.0. The number of nitrogens with zero attached hydrogens (tertiary/aromatic N) is 3. The average Bonchev–Trinajstić information content (AvgIpc) is 3.46. The zero-order valence-corrected chi connectivity index (χ0v) is 22.5. The fourth-order valence-corrected chi connectivity index (χ4v) is 7.32. The zero-order valence-electron chi connectivity index (χ0n) is 22.5. The van der Waals surface area contributed by atoms with Crippen molar-refractivity contribution in [2.45, 2.75) is 56.6 Å². The van der Waals surface area contributed by atoms with Gasteiger partial charge >= 0.3 is 0 Å². The van der Waals surface area contributed by atoms with Gasteiger partial charge in [0.05, 0.1) is 24.2 Å². The highest BCUT2D eigenvalue weighted by molar-refractivity contribution is 5.80. The number of aliphatic hydroxyl groups is 1. The van der Waals surface area contributed by atoms with Crippen molar-refractivity contribution in [3.8, 4) is 11.3 Å². The van der Waals surface area contributed by atoms with Gasteiger partial charge in [-0.15, -0.1) is 0 Å². The number of likely N-dealkylation sites (tertiary alicyclic amines) is 1. The highest BCUT2D eigenvalue weighted by atomic mass is 16.3. The van der Waals surface area contributed by atoms with Gasteiger partial charge in [0, 0.05) is 48.5 Å². The molecule has 2 saturated heterocycles. The summed E-state index contributed by atoms with van der Waals surface area (Å²) in [6.07, 6.45) is 6.66. The van der Waals surface area contributed by atoms with Gasteiger partial charge < -0.3 is 15.3 Å². The van der Waals surface area contributed by atoms with Crippen LogP contribution in [0.15, 0.2) is 77.9 Å². The normalized spacial score (nSPS) is 26.5. The van der Waals surface area contributed by atoms with Crippen LogP contribution in [0.3, 0.4) is 0 Å². The Bertz CT molecular complexity index is 1350. The third kappa shape index (κ3) is 4.94. The van der Waals surface area contributed by atoms with Crippen LogP contribution in [0.25, 0.3) is 11.3 Å². The number of rotatable bonds is 5. The molecule has 7 heteroatoms. The second-order valence-corrected chi connectivity index (χ2v) is 11.8. The van der Waals surface area contributed by atoms with Gasteiger partial charge in [0.15, 0.2) is 0 Å². The van der Waals surface area contributed by atoms with Gasteiger partial charge in [-0.1, -0.05) is 73.5 Å². The van der Waals surface area contributed by atoms with E-state index in [4.69, 9.17) is 0 Å². The van der Waals surface area contributed by atoms with E-state index in [0.29, 0.717) is 25.2 Å². The molecule has 204 valence electrons. The van der Waals surface area contributed by atoms with Crippen LogP contribution >= 0.6 is 0 Å². The summed E-state index contributed by atoms with van der Waals surface area (Å²) in [5.41, 5.74) is 1.10. The first-order chi connectivity index (χ1) is 19.0. The molecular formula is C32H38N4O3. The molecule has 1 aliphatic carbocycles. The van der Waals surface area contributed by atoms with Crippen molar-refractivity contribution in [3.63, 3.8) is 0 Å². The Morgan fingerprint density at radius 2 is 1.74 bits per heavy atom. The minimum atomic E-state index is -1.06. The first-order valence-corrected chi connectivity index (χ1v) is 14.4. The van der Waals surface area contributed by atoms with Crippen molar-refractivity contribution in [1.82, 2.24) is 19.8 Å². The maximum Gasteiger partial charge on any atom is 0.253 e. The van der Waals surface area contributed by atoms with Gasteiger partial charge in [-0.05, 0) is 37.8 Å². The first-order valence-electron chi connectivity index (χ1n) is 14.4. The lowest BCUT2D eigenvalue weighted by Crippen LogP contribution is -2.63. The molecule has 7 nitrogen and oxygen atoms in total. The summed E-state index contributed by atoms with van der Waals surface area (Å²) in [5.74, 6) is 0.306. The van der Waals surface area contributed by atoms with E-state index in [1.165, 1.54) is 5.56 Å². The first kappa shape index (κ1) is 26.0. The van der Waals surface area contributed by atoms with Crippen LogP contribution in [0.5, 0.6) is 0 Å². The molecule has 3 fully saturated rings. The highest BCUT2D eigenvalue weighted by Gasteiger charge is 2.56. The van der Waals surface area contributed by atoms with Crippen molar-refractivity contribution >= 4 is 5.91 Å². The van der Waals surface area contributed by atoms with E-state index < -0.39 is 11.0 Å². The molecule has 3 aliphatic rings. The van der Waals surface area contributed by atoms with Crippen molar-refractivity contribution in [3.05, 3.63) is 89.0 Å². The molecule has 1 amide bonds. The topological polar surface area (TPSA) is 87.5 Å². The molecule has 1 unspecified atom stereocenters. The highest BCUT2D eigenvalue weighted by Crippen LogP contribution is 2.52. The summed E-state index contributed by atoms with van der Waals surface area (Å²) in [6.45, 7) is 2.91. The van der Waals surface area contributed by atoms with Crippen LogP contribution in [-0.4, -0.2) is 57.2 Å². The predicted molar refractivity (Wildman–Crippen MR) is 151 cm³/mol. The number of hydrogen-bond acceptors (Lipinski definition) is 5. The summed E-state index contributed by atoms with van der Waals surface area (Å²) >= 11 is 0. The van der Waals surface area contributed by atoms with Gasteiger partial charge in [-0.25, -0.2) is 4.98 Å². The Labute approximate surface area is 229 Å². The van der Waals surface area contributed by atoms with Crippen molar-refractivity contribution in [2.24, 2.45) is 11.3 Å². The lowest BCUT2D eigenvalue weighted by Gasteiger charge is -2.53. The van der Waals surface area contributed by atoms with E-state index in [-0.39, 0.29) is 29.8 Å². The third-order valence-electron chi connectivity index (χ3n) is 9.56. The molecule has 2 aromatic carbocycles. The molecule has 2 N–H and O–H groups in total. The molecule has 1 saturated carbocycles. The van der Waals surface area contributed by atoms with Crippen LogP contribution in [0.4, 0.5) is 0 Å². The Morgan fingerprint density at radius 1 is 1.03 bits per heavy atom. The Kier molecular flexibility index (Phi) is 7.12. The summed E-state index contributed by atoms with van der Waals surface area (Å²) in [7, 11) is 0. The number of aromatic nitrogens is 2. The zero-order chi connectivity index (χ0) is 26.9. The fourth-order valence-electron chi connectivity index (χ4n) is 7.32. The maximum absolute atomic E-state index is 14.0. The van der Waals surface area contributed by atoms with E-state index in [9.17, 15) is 14.7 Å². The summed E-state index contributed by atoms with van der Waals surface area (Å²) in [4.78, 5) is 33.7. The average molecular weight is 527 g/mol. The van der Waals surface area contributed by atoms with Crippen LogP contribution in [0.1, 0.15) is 50.0 Å². The monoisotopic (exact) mass is 526 g/mol. The number of carbonyl (C=O) groups is 1. The van der Waals surface area contributed by atoms with Crippen molar-refractivity contribution in [2.75, 3.05) is 26.2 Å². The smallest absolute Gasteiger partial charge is 0.253 e. The van der Waals surface area contributed by atoms with Crippen LogP contribution in [-0.2, 0) is 11.3 Å². The van der Waals surface area contributed by atoms with Crippen LogP contribution < -0.4 is 10.9 Å². The number of benzene rings is 2. The number of nitrogens with one attached hydrogen (secondary N) is 1. The number of carbonyl (C=O) groups excluding carboxylic acids is 1. The van der Waals surface area contributed by atoms with Crippen molar-refractivity contribution in [1.29, 1.82) is 0 Å². The molecule has 6 rings (SSSR count). The molecule has 0 bridgehead atoms. The molecule has 1 spiro atoms. The lowest BCUT2D eigenvalue weighted by atomic mass is 9.65. The molecule has 3 atom stereocenters. The van der Waals surface area contributed by atoms with E-state index >= 15 is 0 Å². The van der Waals surface area contributed by atoms with Crippen molar-refractivity contribution < 1.29 is 9.90 Å². The van der Waals surface area contributed by atoms with Gasteiger partial charge in [-0.2, -0.15) is 0 Å². The second kappa shape index (κ2) is 10.7. The molecule has 3 aromatic rings. The van der Waals surface area contributed by atoms with Crippen LogP contribution in [0, 0.1) is 11.3 Å². The Hall–Kier alpha value is -3.29. The minimum Gasteiger partial charge on any atom is -0.387 e. The number of piperidine rings is 2. The van der Waals surface area contributed by atoms with Gasteiger partial charge in [-0.3, -0.25) is 14.2 Å². The minimum absolute atomic E-state index is 0.0596. The predicted octanol–water partition coefficient (Wildman–Crippen LogP) is 3.83. The largest absolute Gasteiger partial charge is 0.387 e. The summed E-state index contributed by atoms with van der Waals surface area (Å²) < 4.78 is 1.56. The number of amides is 1. The Morgan fingerprint density at radius 3 is 2.46 bits per heavy atom. The Balaban J connectivity index is 1.23. The SMILES string of the molecule is O=C([C@@H]1CCNC[C@H]1c1ccccc1)N1CCC(O)(Cn2cnc(-c3ccccc3)cc2=O)C2(CCCC2)C1. The molecular weight excluding hydrogens is 488 g/mol. The van der Waals surface area contributed by atoms with E-state index in [1.54, 1.807) is 17.0 Å². The standard InChI is InChI=1S/C32H38N4O3/c37-29-19-28(25-11-5-2-6-12-25)34-23-36(29)22-32(39)16-18-35(21-31(32)14-7-8-15-31)30(38)26-13-17-33-20-27(26)24-9-3-1-4-10-24/h1-6,9-12,19,23,26-27,33,39H,7-8,13-18,20-22H2/t26-,27+,32?/m1/s1. The van der Waals surface area contributed by atoms with E-state index in [2.05, 4.69) is 22.4 Å². The third-order valence-corrected chi connectivity index (χ3v) is 9.56. The quantitative estimate of drug-likeness (QED) is 0.528. The lowest BCUT2D eigenvalue weighted by molar-refractivity contribution is -0.164. The summed E-state index contributed by atoms with van der Waals surface area (Å²) in [6, 6.07) is 21.6. The van der Waals surface area contributed by atoms with Gasteiger partial charge in [0.25, 0.3) is 5.56 Å². The van der Waals surface area contributed by atoms with Gasteiger partial charge in [0.1, 0.15) is 0 Å². The molecule has 39 heavy (non-hydrogen) atoms. The van der Waals surface area contributed by atoms with Gasteiger partial charge in [0.2, 0.25) is 5.91 Å². The molecule has 0 radical (unpaired) electrons. The number of hydrogen-bond donors (Lipinski definition) is 2. The molecule has 2 aliphatic heterocycles. The molecule has 3 heterocycles. The van der Waals surface area contributed by atoms with E-state index in [0.717, 1.165) is 50.8 Å². The second-order valence-electron chi connectivity index (χ2n) is 11.8. The summed E-state index contributed by atoms with van der Waals surface area (Å²) in [5, 5.41) is 15.7. The fraction of sp³-hybridized carbons (Fsp3) is 0.469. The van der Waals surface area contributed by atoms with E-state index in [1.807, 2.05) is 53.4 Å². The molecule has 1 aromatic heterocycles. The van der Waals surface area contributed by atoms with Crippen LogP contribution in [0.2, 0.25) is 0 Å².